The minimum atomic E-state index is -0.685. The van der Waals surface area contributed by atoms with Crippen LogP contribution in [0.3, 0.4) is 0 Å². The van der Waals surface area contributed by atoms with Crippen molar-refractivity contribution in [2.24, 2.45) is 0 Å². The maximum absolute atomic E-state index is 13.9. The molecule has 3 N–H and O–H groups in total. The van der Waals surface area contributed by atoms with Gasteiger partial charge in [-0.15, -0.1) is 0 Å². The number of nitrogens with one attached hydrogen (secondary N) is 1. The minimum Gasteiger partial charge on any atom is -0.383 e. The normalized spacial score (nSPS) is 10.9. The number of fused-ring (bicyclic) bond motifs is 1. The Morgan fingerprint density at radius 3 is 2.42 bits per heavy atom. The molecule has 1 amide bonds. The van der Waals surface area contributed by atoms with Gasteiger partial charge in [0.15, 0.2) is 5.69 Å². The number of hydrogen-bond acceptors (Lipinski definition) is 4. The summed E-state index contributed by atoms with van der Waals surface area (Å²) in [6, 6.07) is 22.4. The van der Waals surface area contributed by atoms with E-state index in [1.165, 1.54) is 9.47 Å². The number of hydrogen-bond donors (Lipinski definition) is 2. The number of aromatic nitrogens is 2. The molecule has 0 saturated heterocycles. The van der Waals surface area contributed by atoms with E-state index in [-0.39, 0.29) is 24.0 Å². The largest absolute Gasteiger partial charge is 0.383 e. The smallest absolute Gasteiger partial charge is 0.330 e. The van der Waals surface area contributed by atoms with Gasteiger partial charge in [0.1, 0.15) is 5.82 Å². The molecule has 4 rings (SSSR count). The number of carbonyl (C=O) groups excluding carboxylic acids is 1. The van der Waals surface area contributed by atoms with Gasteiger partial charge in [0.2, 0.25) is 0 Å². The third-order valence-electron chi connectivity index (χ3n) is 5.67. The van der Waals surface area contributed by atoms with E-state index >= 15 is 0 Å². The molecule has 0 fully saturated rings. The monoisotopic (exact) mass is 442 g/mol. The second-order valence-electron chi connectivity index (χ2n) is 7.90. The van der Waals surface area contributed by atoms with Crippen LogP contribution in [0.5, 0.6) is 0 Å². The van der Waals surface area contributed by atoms with E-state index in [1.54, 1.807) is 6.07 Å². The first-order valence-corrected chi connectivity index (χ1v) is 11.0. The zero-order valence-corrected chi connectivity index (χ0v) is 18.5. The number of carbonyl (C=O) groups is 1. The van der Waals surface area contributed by atoms with E-state index in [0.29, 0.717) is 18.5 Å². The Kier molecular flexibility index (Phi) is 6.40. The lowest BCUT2D eigenvalue weighted by molar-refractivity contribution is 0.0986. The Bertz CT molecular complexity index is 1400. The summed E-state index contributed by atoms with van der Waals surface area (Å²) in [4.78, 5) is 43.0. The van der Waals surface area contributed by atoms with Gasteiger partial charge in [-0.2, -0.15) is 0 Å². The van der Waals surface area contributed by atoms with Crippen molar-refractivity contribution in [3.05, 3.63) is 105 Å². The fourth-order valence-electron chi connectivity index (χ4n) is 3.95. The molecule has 0 saturated carbocycles. The van der Waals surface area contributed by atoms with Crippen LogP contribution in [0.25, 0.3) is 10.8 Å². The van der Waals surface area contributed by atoms with Crippen LogP contribution >= 0.6 is 0 Å². The second-order valence-corrected chi connectivity index (χ2v) is 7.90. The third kappa shape index (κ3) is 4.43. The predicted octanol–water partition coefficient (Wildman–Crippen LogP) is 3.92. The summed E-state index contributed by atoms with van der Waals surface area (Å²) >= 11 is 0. The van der Waals surface area contributed by atoms with E-state index < -0.39 is 11.2 Å². The highest BCUT2D eigenvalue weighted by atomic mass is 16.2. The van der Waals surface area contributed by atoms with E-state index in [9.17, 15) is 14.4 Å². The number of nitrogen functional groups attached to an aromatic ring is 1. The molecule has 7 heteroatoms. The fraction of sp³-hybridized carbons (Fsp3) is 0.192. The number of rotatable bonds is 7. The molecule has 0 unspecified atom stereocenters. The van der Waals surface area contributed by atoms with Gasteiger partial charge in [-0.05, 0) is 28.8 Å². The van der Waals surface area contributed by atoms with E-state index in [1.807, 2.05) is 73.7 Å². The number of benzene rings is 3. The van der Waals surface area contributed by atoms with Gasteiger partial charge >= 0.3 is 5.69 Å². The quantitative estimate of drug-likeness (QED) is 0.453. The van der Waals surface area contributed by atoms with Gasteiger partial charge in [0, 0.05) is 12.1 Å². The molecule has 0 atom stereocenters. The van der Waals surface area contributed by atoms with Crippen LogP contribution in [-0.2, 0) is 13.1 Å². The van der Waals surface area contributed by atoms with Gasteiger partial charge < -0.3 is 5.73 Å². The lowest BCUT2D eigenvalue weighted by Gasteiger charge is -2.25. The molecule has 0 bridgehead atoms. The average molecular weight is 443 g/mol. The van der Waals surface area contributed by atoms with Crippen molar-refractivity contribution in [1.29, 1.82) is 0 Å². The molecule has 33 heavy (non-hydrogen) atoms. The van der Waals surface area contributed by atoms with Gasteiger partial charge in [0.05, 0.1) is 6.54 Å². The first kappa shape index (κ1) is 22.1. The molecule has 1 heterocycles. The minimum absolute atomic E-state index is 0.0123. The Hall–Kier alpha value is -4.13. The van der Waals surface area contributed by atoms with Crippen molar-refractivity contribution in [3.8, 4) is 0 Å². The van der Waals surface area contributed by atoms with Crippen LogP contribution in [0.2, 0.25) is 0 Å². The van der Waals surface area contributed by atoms with E-state index in [2.05, 4.69) is 4.98 Å². The van der Waals surface area contributed by atoms with Crippen LogP contribution in [0, 0.1) is 0 Å². The highest BCUT2D eigenvalue weighted by molar-refractivity contribution is 6.14. The summed E-state index contributed by atoms with van der Waals surface area (Å²) in [5.41, 5.74) is 6.36. The number of nitrogens with zero attached hydrogens (tertiary/aromatic N) is 2. The summed E-state index contributed by atoms with van der Waals surface area (Å²) in [5.74, 6) is -0.379. The van der Waals surface area contributed by atoms with Crippen LogP contribution in [0.1, 0.15) is 35.7 Å². The van der Waals surface area contributed by atoms with Crippen molar-refractivity contribution in [2.45, 2.75) is 32.9 Å². The summed E-state index contributed by atoms with van der Waals surface area (Å²) in [6.07, 6.45) is 1.56. The van der Waals surface area contributed by atoms with Gasteiger partial charge in [-0.1, -0.05) is 80.1 Å². The summed E-state index contributed by atoms with van der Waals surface area (Å²) in [6.45, 7) is 2.48. The molecule has 168 valence electrons. The molecule has 3 aromatic carbocycles. The molecular formula is C26H26N4O3. The number of nitrogens with two attached hydrogens (primary N) is 1. The van der Waals surface area contributed by atoms with Crippen LogP contribution in [0.15, 0.2) is 82.4 Å². The standard InChI is InChI=1S/C26H26N4O3/c1-2-3-16-29-23(27)22(24(31)28-26(29)33)30(17-18-10-5-4-6-11-18)25(32)21-15-9-13-19-12-7-8-14-20(19)21/h4-15H,2-3,16-17,27H2,1H3,(H,28,31,33). The average Bonchev–Trinajstić information content (AvgIpc) is 2.83. The summed E-state index contributed by atoms with van der Waals surface area (Å²) < 4.78 is 1.33. The molecule has 0 aliphatic rings. The summed E-state index contributed by atoms with van der Waals surface area (Å²) in [5, 5.41) is 1.69. The molecule has 7 nitrogen and oxygen atoms in total. The zero-order valence-electron chi connectivity index (χ0n) is 18.5. The van der Waals surface area contributed by atoms with Crippen LogP contribution < -0.4 is 21.9 Å². The molecule has 0 radical (unpaired) electrons. The van der Waals surface area contributed by atoms with Crippen molar-refractivity contribution in [1.82, 2.24) is 9.55 Å². The lowest BCUT2D eigenvalue weighted by atomic mass is 10.0. The second kappa shape index (κ2) is 9.56. The van der Waals surface area contributed by atoms with Crippen molar-refractivity contribution >= 4 is 28.2 Å². The molecule has 0 aliphatic carbocycles. The summed E-state index contributed by atoms with van der Waals surface area (Å²) in [7, 11) is 0. The van der Waals surface area contributed by atoms with Crippen LogP contribution in [-0.4, -0.2) is 15.5 Å². The van der Waals surface area contributed by atoms with Crippen molar-refractivity contribution in [3.63, 3.8) is 0 Å². The maximum Gasteiger partial charge on any atom is 0.330 e. The van der Waals surface area contributed by atoms with Crippen molar-refractivity contribution in [2.75, 3.05) is 10.6 Å². The van der Waals surface area contributed by atoms with Crippen molar-refractivity contribution < 1.29 is 4.79 Å². The Morgan fingerprint density at radius 1 is 0.970 bits per heavy atom. The van der Waals surface area contributed by atoms with E-state index in [4.69, 9.17) is 5.73 Å². The molecule has 1 aromatic heterocycles. The third-order valence-corrected chi connectivity index (χ3v) is 5.67. The highest BCUT2D eigenvalue weighted by Gasteiger charge is 2.26. The van der Waals surface area contributed by atoms with Crippen LogP contribution in [0.4, 0.5) is 11.5 Å². The highest BCUT2D eigenvalue weighted by Crippen LogP contribution is 2.26. The maximum atomic E-state index is 13.9. The predicted molar refractivity (Wildman–Crippen MR) is 132 cm³/mol. The first-order chi connectivity index (χ1) is 16.0. The number of H-pyrrole nitrogens is 1. The molecule has 0 spiro atoms. The number of unbranched alkanes of at least 4 members (excludes halogenated alkanes) is 1. The number of anilines is 2. The SMILES string of the molecule is CCCCn1c(N)c(N(Cc2ccccc2)C(=O)c2cccc3ccccc23)c(=O)[nH]c1=O. The molecular weight excluding hydrogens is 416 g/mol. The Morgan fingerprint density at radius 2 is 1.67 bits per heavy atom. The lowest BCUT2D eigenvalue weighted by Crippen LogP contribution is -2.41. The molecule has 4 aromatic rings. The Labute approximate surface area is 191 Å². The fourth-order valence-corrected chi connectivity index (χ4v) is 3.95. The van der Waals surface area contributed by atoms with Gasteiger partial charge in [0.25, 0.3) is 11.5 Å². The first-order valence-electron chi connectivity index (χ1n) is 11.0. The van der Waals surface area contributed by atoms with Gasteiger partial charge in [-0.25, -0.2) is 4.79 Å². The number of aromatic amines is 1. The topological polar surface area (TPSA) is 101 Å². The number of amides is 1. The molecule has 0 aliphatic heterocycles. The van der Waals surface area contributed by atoms with E-state index in [0.717, 1.165) is 22.8 Å². The van der Waals surface area contributed by atoms with Gasteiger partial charge in [-0.3, -0.25) is 24.0 Å². The zero-order chi connectivity index (χ0) is 23.4. The Balaban J connectivity index is 1.90.